The normalized spacial score (nSPS) is 19.5. The molecule has 2 N–H and O–H groups in total. The summed E-state index contributed by atoms with van der Waals surface area (Å²) < 4.78 is 65.3. The highest BCUT2D eigenvalue weighted by molar-refractivity contribution is 5.99. The maximum Gasteiger partial charge on any atom is 0.416 e. The molecule has 0 radical (unpaired) electrons. The van der Waals surface area contributed by atoms with E-state index in [4.69, 9.17) is 0 Å². The van der Waals surface area contributed by atoms with Crippen molar-refractivity contribution in [3.8, 4) is 17.0 Å². The van der Waals surface area contributed by atoms with Crippen molar-refractivity contribution in [2.24, 2.45) is 0 Å². The lowest BCUT2D eigenvalue weighted by Crippen LogP contribution is -2.30. The maximum absolute atomic E-state index is 13.3. The number of aromatic nitrogens is 3. The molecular weight excluding hydrogens is 423 g/mol. The van der Waals surface area contributed by atoms with Crippen molar-refractivity contribution in [2.45, 2.75) is 31.5 Å². The third-order valence-corrected chi connectivity index (χ3v) is 5.18. The molecular formula is C20H17F5N4O2. The fourth-order valence-electron chi connectivity index (χ4n) is 3.60. The summed E-state index contributed by atoms with van der Waals surface area (Å²) >= 11 is 0. The smallest absolute Gasteiger partial charge is 0.416 e. The number of hydrogen-bond acceptors (Lipinski definition) is 6. The van der Waals surface area contributed by atoms with Crippen molar-refractivity contribution in [1.29, 1.82) is 0 Å². The van der Waals surface area contributed by atoms with E-state index in [1.165, 1.54) is 6.07 Å². The number of alkyl halides is 5. The van der Waals surface area contributed by atoms with Gasteiger partial charge in [0.25, 0.3) is 6.43 Å². The zero-order valence-electron chi connectivity index (χ0n) is 16.2. The minimum atomic E-state index is -4.64. The summed E-state index contributed by atoms with van der Waals surface area (Å²) in [7, 11) is 0. The second-order valence-electron chi connectivity index (χ2n) is 7.70. The Balaban J connectivity index is 1.89. The minimum Gasteiger partial charge on any atom is -0.507 e. The fraction of sp³-hybridized carbons (Fsp3) is 0.350. The number of pyridine rings is 1. The number of phenols is 1. The van der Waals surface area contributed by atoms with Crippen molar-refractivity contribution in [3.05, 3.63) is 41.6 Å². The molecule has 0 spiro atoms. The van der Waals surface area contributed by atoms with Crippen LogP contribution in [0.5, 0.6) is 5.75 Å². The number of aliphatic hydroxyl groups is 1. The van der Waals surface area contributed by atoms with Gasteiger partial charge in [-0.25, -0.2) is 13.8 Å². The molecule has 1 saturated heterocycles. The Labute approximate surface area is 173 Å². The van der Waals surface area contributed by atoms with Gasteiger partial charge in [-0.2, -0.15) is 13.2 Å². The SMILES string of the molecule is C[C@]1(O)CCN(c2nnc(-c3ccc(C(F)(F)F)cc3O)c3ccc(C(F)F)nc23)C1. The van der Waals surface area contributed by atoms with Crippen LogP contribution in [0.15, 0.2) is 30.3 Å². The van der Waals surface area contributed by atoms with E-state index in [-0.39, 0.29) is 34.5 Å². The highest BCUT2D eigenvalue weighted by Gasteiger charge is 2.34. The molecule has 1 aromatic carbocycles. The monoisotopic (exact) mass is 440 g/mol. The highest BCUT2D eigenvalue weighted by Crippen LogP contribution is 2.40. The van der Waals surface area contributed by atoms with E-state index in [0.717, 1.165) is 18.2 Å². The molecule has 6 nitrogen and oxygen atoms in total. The van der Waals surface area contributed by atoms with E-state index in [1.54, 1.807) is 11.8 Å². The summed E-state index contributed by atoms with van der Waals surface area (Å²) in [4.78, 5) is 5.66. The molecule has 164 valence electrons. The van der Waals surface area contributed by atoms with Gasteiger partial charge in [0, 0.05) is 24.0 Å². The molecule has 0 amide bonds. The summed E-state index contributed by atoms with van der Waals surface area (Å²) in [5.74, 6) is -0.509. The van der Waals surface area contributed by atoms with E-state index in [0.29, 0.717) is 19.0 Å². The van der Waals surface area contributed by atoms with E-state index < -0.39 is 35.2 Å². The molecule has 0 aliphatic carbocycles. The molecule has 0 saturated carbocycles. The lowest BCUT2D eigenvalue weighted by Gasteiger charge is -2.21. The Bertz CT molecular complexity index is 1150. The first-order valence-corrected chi connectivity index (χ1v) is 9.30. The number of aromatic hydroxyl groups is 1. The maximum atomic E-state index is 13.3. The molecule has 31 heavy (non-hydrogen) atoms. The van der Waals surface area contributed by atoms with Gasteiger partial charge in [0.15, 0.2) is 5.82 Å². The van der Waals surface area contributed by atoms with Gasteiger partial charge in [0.2, 0.25) is 0 Å². The van der Waals surface area contributed by atoms with Crippen LogP contribution in [-0.4, -0.2) is 44.1 Å². The lowest BCUT2D eigenvalue weighted by atomic mass is 10.0. The average molecular weight is 440 g/mol. The molecule has 2 aromatic heterocycles. The Kier molecular flexibility index (Phi) is 4.95. The number of benzene rings is 1. The molecule has 4 rings (SSSR count). The van der Waals surface area contributed by atoms with Gasteiger partial charge >= 0.3 is 6.18 Å². The number of β-amino-alcohol motifs (C(OH)–C–C–N with tert-alkyl or cyclic N) is 1. The van der Waals surface area contributed by atoms with Gasteiger partial charge in [-0.3, -0.25) is 0 Å². The Morgan fingerprint density at radius 3 is 2.45 bits per heavy atom. The minimum absolute atomic E-state index is 0.00393. The summed E-state index contributed by atoms with van der Waals surface area (Å²) in [6, 6.07) is 4.80. The van der Waals surface area contributed by atoms with Crippen molar-refractivity contribution in [3.63, 3.8) is 0 Å². The topological polar surface area (TPSA) is 82.4 Å². The van der Waals surface area contributed by atoms with Gasteiger partial charge in [0.1, 0.15) is 22.7 Å². The fourth-order valence-corrected chi connectivity index (χ4v) is 3.60. The number of hydrogen-bond donors (Lipinski definition) is 2. The molecule has 1 atom stereocenters. The molecule has 3 heterocycles. The first-order chi connectivity index (χ1) is 14.5. The molecule has 0 bridgehead atoms. The van der Waals surface area contributed by atoms with Gasteiger partial charge < -0.3 is 15.1 Å². The zero-order chi connectivity index (χ0) is 22.6. The second-order valence-corrected chi connectivity index (χ2v) is 7.70. The largest absolute Gasteiger partial charge is 0.507 e. The second kappa shape index (κ2) is 7.26. The summed E-state index contributed by atoms with van der Waals surface area (Å²) in [5, 5.41) is 28.8. The number of fused-ring (bicyclic) bond motifs is 1. The molecule has 0 unspecified atom stereocenters. The van der Waals surface area contributed by atoms with Gasteiger partial charge in [-0.1, -0.05) is 0 Å². The van der Waals surface area contributed by atoms with Crippen LogP contribution < -0.4 is 4.90 Å². The van der Waals surface area contributed by atoms with E-state index >= 15 is 0 Å². The number of nitrogens with zero attached hydrogens (tertiary/aromatic N) is 4. The predicted octanol–water partition coefficient (Wildman–Crippen LogP) is 4.31. The van der Waals surface area contributed by atoms with Gasteiger partial charge in [0.05, 0.1) is 11.2 Å². The van der Waals surface area contributed by atoms with Crippen LogP contribution in [-0.2, 0) is 6.18 Å². The standard InChI is InChI=1S/C20H17F5N4O2/c1-19(31)6-7-29(9-19)18-16-12(4-5-13(26-16)17(21)22)15(27-28-18)11-3-2-10(8-14(11)30)20(23,24)25/h2-5,8,17,30-31H,6-7,9H2,1H3/t19-/m0/s1. The number of anilines is 1. The van der Waals surface area contributed by atoms with Gasteiger partial charge in [-0.05, 0) is 43.7 Å². The van der Waals surface area contributed by atoms with Crippen LogP contribution >= 0.6 is 0 Å². The van der Waals surface area contributed by atoms with Crippen LogP contribution in [0, 0.1) is 0 Å². The number of rotatable bonds is 3. The first kappa shape index (κ1) is 21.2. The summed E-state index contributed by atoms with van der Waals surface area (Å²) in [5.41, 5.74) is -2.53. The van der Waals surface area contributed by atoms with E-state index in [2.05, 4.69) is 15.2 Å². The van der Waals surface area contributed by atoms with Crippen molar-refractivity contribution >= 4 is 16.7 Å². The first-order valence-electron chi connectivity index (χ1n) is 9.30. The van der Waals surface area contributed by atoms with Crippen molar-refractivity contribution < 1.29 is 32.2 Å². The highest BCUT2D eigenvalue weighted by atomic mass is 19.4. The van der Waals surface area contributed by atoms with Crippen LogP contribution in [0.4, 0.5) is 27.8 Å². The summed E-state index contributed by atoms with van der Waals surface area (Å²) in [6.07, 6.45) is -7.07. The molecule has 1 aliphatic rings. The molecule has 11 heteroatoms. The van der Waals surface area contributed by atoms with E-state index in [9.17, 15) is 32.2 Å². The summed E-state index contributed by atoms with van der Waals surface area (Å²) in [6.45, 7) is 2.21. The van der Waals surface area contributed by atoms with Crippen LogP contribution in [0.3, 0.4) is 0 Å². The Morgan fingerprint density at radius 2 is 1.87 bits per heavy atom. The third-order valence-electron chi connectivity index (χ3n) is 5.18. The van der Waals surface area contributed by atoms with Crippen molar-refractivity contribution in [2.75, 3.05) is 18.0 Å². The quantitative estimate of drug-likeness (QED) is 0.591. The number of phenolic OH excluding ortho intramolecular Hbond substituents is 1. The van der Waals surface area contributed by atoms with Crippen LogP contribution in [0.2, 0.25) is 0 Å². The van der Waals surface area contributed by atoms with E-state index in [1.807, 2.05) is 0 Å². The molecule has 1 fully saturated rings. The number of halogens is 5. The Morgan fingerprint density at radius 1 is 1.13 bits per heavy atom. The van der Waals surface area contributed by atoms with Crippen molar-refractivity contribution in [1.82, 2.24) is 15.2 Å². The Hall–Kier alpha value is -3.08. The third kappa shape index (κ3) is 3.97. The lowest BCUT2D eigenvalue weighted by molar-refractivity contribution is -0.137. The average Bonchev–Trinajstić information content (AvgIpc) is 3.05. The van der Waals surface area contributed by atoms with Crippen LogP contribution in [0.1, 0.15) is 31.0 Å². The zero-order valence-corrected chi connectivity index (χ0v) is 16.2. The predicted molar refractivity (Wildman–Crippen MR) is 102 cm³/mol. The molecule has 3 aromatic rings. The van der Waals surface area contributed by atoms with Crippen LogP contribution in [0.25, 0.3) is 22.2 Å². The van der Waals surface area contributed by atoms with Gasteiger partial charge in [-0.15, -0.1) is 10.2 Å². The molecule has 1 aliphatic heterocycles.